The number of anilines is 6. The number of carbonyl (C=O) groups excluding carboxylic acids is 2. The van der Waals surface area contributed by atoms with Gasteiger partial charge >= 0.3 is 12.1 Å². The summed E-state index contributed by atoms with van der Waals surface area (Å²) in [4.78, 5) is 40.3. The van der Waals surface area contributed by atoms with Gasteiger partial charge in [-0.15, -0.1) is 0 Å². The molecule has 12 aromatic rings. The van der Waals surface area contributed by atoms with Crippen molar-refractivity contribution in [2.75, 3.05) is 30.2 Å². The van der Waals surface area contributed by atoms with Crippen LogP contribution in [-0.4, -0.2) is 12.1 Å². The fourth-order valence-corrected chi connectivity index (χ4v) is 11.1. The molecule has 0 fully saturated rings. The van der Waals surface area contributed by atoms with Gasteiger partial charge in [-0.2, -0.15) is 0 Å². The molecule has 0 aliphatic heterocycles. The number of rotatable bonds is 18. The van der Waals surface area contributed by atoms with Gasteiger partial charge in [0.25, 0.3) is 0 Å². The van der Waals surface area contributed by atoms with E-state index in [1.54, 1.807) is 0 Å². The molecular formula is C74H62N6O2. The SMILES string of the molecule is O=C(N(Cc1ccccc1)c1cccc2c(NCc3ccccc3)cccc12)N(Cc1ccccc1)c1cccc2c(N(Cc3ccccc3)C(=O)N(Cc3ccccc3)c3cccc4c(NCc5ccccc5)cccc34)cccc12. The van der Waals surface area contributed by atoms with Crippen LogP contribution in [0.2, 0.25) is 0 Å². The predicted molar refractivity (Wildman–Crippen MR) is 341 cm³/mol. The average molecular weight is 1070 g/mol. The monoisotopic (exact) mass is 1070 g/mol. The van der Waals surface area contributed by atoms with Gasteiger partial charge in [-0.1, -0.05) is 255 Å². The van der Waals surface area contributed by atoms with E-state index in [1.165, 1.54) is 11.1 Å². The molecular weight excluding hydrogens is 1000 g/mol. The molecule has 4 amide bonds. The number of nitrogens with one attached hydrogen (secondary N) is 2. The van der Waals surface area contributed by atoms with Crippen LogP contribution < -0.4 is 30.2 Å². The first-order chi connectivity index (χ1) is 40.5. The van der Waals surface area contributed by atoms with Crippen LogP contribution in [0, 0.1) is 0 Å². The number of nitrogens with zero attached hydrogens (tertiary/aromatic N) is 4. The Bertz CT molecular complexity index is 3840. The van der Waals surface area contributed by atoms with Gasteiger partial charge in [0.2, 0.25) is 0 Å². The third-order valence-corrected chi connectivity index (χ3v) is 15.1. The Hall–Kier alpha value is -10.4. The molecule has 0 atom stereocenters. The summed E-state index contributed by atoms with van der Waals surface area (Å²) in [5, 5.41) is 13.0. The highest BCUT2D eigenvalue weighted by Gasteiger charge is 2.31. The van der Waals surface area contributed by atoms with E-state index in [2.05, 4.69) is 180 Å². The van der Waals surface area contributed by atoms with Crippen molar-refractivity contribution in [3.8, 4) is 0 Å². The molecule has 12 aromatic carbocycles. The van der Waals surface area contributed by atoms with Gasteiger partial charge in [0.1, 0.15) is 0 Å². The normalized spacial score (nSPS) is 11.1. The third-order valence-electron chi connectivity index (χ3n) is 15.1. The Morgan fingerprint density at radius 1 is 0.232 bits per heavy atom. The Morgan fingerprint density at radius 2 is 0.451 bits per heavy atom. The third kappa shape index (κ3) is 11.6. The molecule has 8 heteroatoms. The van der Waals surface area contributed by atoms with Crippen LogP contribution in [0.5, 0.6) is 0 Å². The first-order valence-electron chi connectivity index (χ1n) is 28.0. The Balaban J connectivity index is 0.982. The molecule has 0 aliphatic rings. The minimum atomic E-state index is -0.194. The first kappa shape index (κ1) is 52.3. The number of carbonyl (C=O) groups is 2. The molecule has 0 radical (unpaired) electrons. The maximum Gasteiger partial charge on any atom is 0.329 e. The van der Waals surface area contributed by atoms with Crippen molar-refractivity contribution >= 4 is 78.5 Å². The second-order valence-corrected chi connectivity index (χ2v) is 20.5. The second-order valence-electron chi connectivity index (χ2n) is 20.5. The van der Waals surface area contributed by atoms with E-state index in [0.717, 1.165) is 88.7 Å². The zero-order valence-electron chi connectivity index (χ0n) is 45.6. The lowest BCUT2D eigenvalue weighted by atomic mass is 10.0. The highest BCUT2D eigenvalue weighted by Crippen LogP contribution is 2.40. The number of benzene rings is 12. The van der Waals surface area contributed by atoms with Gasteiger partial charge in [0.05, 0.1) is 48.9 Å². The maximum absolute atomic E-state index is 16.3. The summed E-state index contributed by atoms with van der Waals surface area (Å²) >= 11 is 0. The lowest BCUT2D eigenvalue weighted by Crippen LogP contribution is -2.43. The highest BCUT2D eigenvalue weighted by molar-refractivity contribution is 6.17. The van der Waals surface area contributed by atoms with Crippen LogP contribution in [0.4, 0.5) is 43.7 Å². The number of hydrogen-bond acceptors (Lipinski definition) is 4. The zero-order chi connectivity index (χ0) is 55.5. The van der Waals surface area contributed by atoms with E-state index >= 15 is 9.59 Å². The van der Waals surface area contributed by atoms with Crippen LogP contribution in [0.1, 0.15) is 33.4 Å². The maximum atomic E-state index is 16.3. The number of urea groups is 2. The highest BCUT2D eigenvalue weighted by atomic mass is 16.2. The van der Waals surface area contributed by atoms with Gasteiger partial charge < -0.3 is 10.6 Å². The quantitative estimate of drug-likeness (QED) is 0.0898. The summed E-state index contributed by atoms with van der Waals surface area (Å²) in [6.45, 7) is 2.50. The van der Waals surface area contributed by atoms with Crippen LogP contribution in [0.15, 0.2) is 291 Å². The van der Waals surface area contributed by atoms with Crippen LogP contribution in [0.3, 0.4) is 0 Å². The summed E-state index contributed by atoms with van der Waals surface area (Å²) in [5.41, 5.74) is 11.3. The molecule has 2 N–H and O–H groups in total. The van der Waals surface area contributed by atoms with E-state index in [9.17, 15) is 0 Å². The van der Waals surface area contributed by atoms with Crippen LogP contribution >= 0.6 is 0 Å². The number of amides is 4. The Kier molecular flexibility index (Phi) is 15.7. The zero-order valence-corrected chi connectivity index (χ0v) is 45.6. The Labute approximate surface area is 479 Å². The van der Waals surface area contributed by atoms with Crippen molar-refractivity contribution < 1.29 is 9.59 Å². The van der Waals surface area contributed by atoms with E-state index in [1.807, 2.05) is 141 Å². The van der Waals surface area contributed by atoms with E-state index in [4.69, 9.17) is 0 Å². The van der Waals surface area contributed by atoms with Gasteiger partial charge in [-0.05, 0) is 69.8 Å². The molecule has 400 valence electrons. The Morgan fingerprint density at radius 3 is 0.720 bits per heavy atom. The molecule has 12 rings (SSSR count). The minimum Gasteiger partial charge on any atom is -0.380 e. The van der Waals surface area contributed by atoms with Gasteiger partial charge in [0.15, 0.2) is 0 Å². The summed E-state index contributed by atoms with van der Waals surface area (Å²) in [6.07, 6.45) is 0. The minimum absolute atomic E-state index is 0.194. The van der Waals surface area contributed by atoms with Crippen molar-refractivity contribution in [3.05, 3.63) is 325 Å². The number of hydrogen-bond donors (Lipinski definition) is 2. The van der Waals surface area contributed by atoms with Gasteiger partial charge in [0, 0.05) is 56.8 Å². The molecule has 0 aliphatic carbocycles. The predicted octanol–water partition coefficient (Wildman–Crippen LogP) is 18.0. The number of fused-ring (bicyclic) bond motifs is 3. The fourth-order valence-electron chi connectivity index (χ4n) is 11.1. The van der Waals surface area contributed by atoms with E-state index in [-0.39, 0.29) is 25.2 Å². The van der Waals surface area contributed by atoms with Crippen molar-refractivity contribution in [3.63, 3.8) is 0 Å². The molecule has 0 bridgehead atoms. The molecule has 0 aromatic heterocycles. The molecule has 0 heterocycles. The van der Waals surface area contributed by atoms with Crippen LogP contribution in [0.25, 0.3) is 32.3 Å². The molecule has 0 spiro atoms. The molecule has 0 saturated heterocycles. The second kappa shape index (κ2) is 24.7. The lowest BCUT2D eigenvalue weighted by molar-refractivity contribution is 0.250. The molecule has 0 unspecified atom stereocenters. The summed E-state index contributed by atoms with van der Waals surface area (Å²) in [5.74, 6) is 0. The largest absolute Gasteiger partial charge is 0.380 e. The van der Waals surface area contributed by atoms with Crippen molar-refractivity contribution in [2.24, 2.45) is 0 Å². The summed E-state index contributed by atoms with van der Waals surface area (Å²) < 4.78 is 0. The van der Waals surface area contributed by atoms with Crippen LogP contribution in [-0.2, 0) is 39.3 Å². The van der Waals surface area contributed by atoms with Crippen molar-refractivity contribution in [1.82, 2.24) is 0 Å². The summed E-state index contributed by atoms with van der Waals surface area (Å²) in [7, 11) is 0. The fraction of sp³-hybridized carbons (Fsp3) is 0.0811. The molecule has 82 heavy (non-hydrogen) atoms. The first-order valence-corrected chi connectivity index (χ1v) is 28.0. The van der Waals surface area contributed by atoms with E-state index in [0.29, 0.717) is 26.2 Å². The standard InChI is InChI=1S/C74H62N6O2/c81-73(77(51-57-29-11-3-12-30-57)69-45-21-37-61-63(69)39-19-43-67(61)75-49-55-25-7-1-8-26-55)79(53-59-33-15-5-16-34-59)71-47-23-42-66-65(71)41-24-48-72(66)80(54-60-35-17-6-18-36-60)74(82)78(52-58-31-13-4-14-32-58)70-46-22-38-62-64(70)40-20-44-68(62)76-50-56-27-9-2-10-28-56/h1-48,75-76H,49-54H2. The van der Waals surface area contributed by atoms with Gasteiger partial charge in [-0.25, -0.2) is 9.59 Å². The van der Waals surface area contributed by atoms with Crippen molar-refractivity contribution in [2.45, 2.75) is 39.3 Å². The molecule has 8 nitrogen and oxygen atoms in total. The van der Waals surface area contributed by atoms with Gasteiger partial charge in [-0.3, -0.25) is 19.6 Å². The lowest BCUT2D eigenvalue weighted by Gasteiger charge is -2.34. The topological polar surface area (TPSA) is 71.2 Å². The summed E-state index contributed by atoms with van der Waals surface area (Å²) in [6, 6.07) is 98.3. The van der Waals surface area contributed by atoms with Crippen molar-refractivity contribution in [1.29, 1.82) is 0 Å². The smallest absolute Gasteiger partial charge is 0.329 e. The molecule has 0 saturated carbocycles. The average Bonchev–Trinajstić information content (AvgIpc) is 3.11. The van der Waals surface area contributed by atoms with E-state index < -0.39 is 0 Å².